The van der Waals surface area contributed by atoms with Gasteiger partial charge < -0.3 is 29.4 Å². The number of benzene rings is 1. The third kappa shape index (κ3) is 7.47. The lowest BCUT2D eigenvalue weighted by atomic mass is 9.99. The predicted octanol–water partition coefficient (Wildman–Crippen LogP) is 3.76. The molecule has 2 aliphatic heterocycles. The van der Waals surface area contributed by atoms with Crippen molar-refractivity contribution in [1.29, 1.82) is 0 Å². The first-order chi connectivity index (χ1) is 16.8. The molecule has 1 saturated heterocycles. The fourth-order valence-corrected chi connectivity index (χ4v) is 4.18. The average molecular weight is 507 g/mol. The summed E-state index contributed by atoms with van der Waals surface area (Å²) in [5.74, 6) is -1.82. The molecular weight excluding hydrogens is 476 g/mol. The Morgan fingerprint density at radius 1 is 1.14 bits per heavy atom. The molecule has 2 N–H and O–H groups in total. The summed E-state index contributed by atoms with van der Waals surface area (Å²) < 4.78 is 10.9. The standard InChI is InChI=1S/C25H31ClN2O7/c1-16-13-28(14-17(2)35-16)22(31)15-34-27-18-9-7-5-3-4-6-8-10-33-25(32)23-19(11-18)24(26)21(30)12-20(23)29/h4,6-7,9,12,16-17,29-30H,3,5,8,10-11,13-15H2,1-2H3. The van der Waals surface area contributed by atoms with Crippen LogP contribution in [0.5, 0.6) is 11.5 Å². The maximum Gasteiger partial charge on any atom is 0.342 e. The number of cyclic esters (lactones) is 1. The quantitative estimate of drug-likeness (QED) is 0.364. The highest BCUT2D eigenvalue weighted by Gasteiger charge is 2.27. The van der Waals surface area contributed by atoms with Gasteiger partial charge in [-0.3, -0.25) is 4.79 Å². The Labute approximate surface area is 209 Å². The van der Waals surface area contributed by atoms with Crippen LogP contribution in [0.2, 0.25) is 5.02 Å². The molecule has 0 radical (unpaired) electrons. The molecule has 1 aromatic carbocycles. The van der Waals surface area contributed by atoms with E-state index in [0.29, 0.717) is 25.2 Å². The Balaban J connectivity index is 1.84. The number of esters is 1. The predicted molar refractivity (Wildman–Crippen MR) is 131 cm³/mol. The lowest BCUT2D eigenvalue weighted by Gasteiger charge is -2.35. The molecule has 2 heterocycles. The number of phenols is 2. The van der Waals surface area contributed by atoms with E-state index in [4.69, 9.17) is 25.9 Å². The SMILES string of the molecule is CC1CN(C(=O)CON=C2C=CCCC=CCCOC(=O)c3c(O)cc(O)c(Cl)c3C2)CC(C)O1. The van der Waals surface area contributed by atoms with E-state index in [1.54, 1.807) is 11.0 Å². The number of aromatic hydroxyl groups is 2. The molecule has 0 spiro atoms. The fourth-order valence-electron chi connectivity index (χ4n) is 3.96. The Morgan fingerprint density at radius 3 is 2.57 bits per heavy atom. The van der Waals surface area contributed by atoms with Gasteiger partial charge in [-0.1, -0.05) is 35.0 Å². The van der Waals surface area contributed by atoms with Gasteiger partial charge in [0.25, 0.3) is 5.91 Å². The first kappa shape index (κ1) is 26.6. The molecule has 1 aromatic rings. The number of ether oxygens (including phenoxy) is 2. The smallest absolute Gasteiger partial charge is 0.342 e. The van der Waals surface area contributed by atoms with Gasteiger partial charge in [-0.2, -0.15) is 0 Å². The van der Waals surface area contributed by atoms with E-state index >= 15 is 0 Å². The molecule has 0 bridgehead atoms. The van der Waals surface area contributed by atoms with Crippen LogP contribution in [-0.2, 0) is 25.5 Å². The molecule has 3 rings (SSSR count). The molecule has 10 heteroatoms. The van der Waals surface area contributed by atoms with Crippen molar-refractivity contribution >= 4 is 29.2 Å². The van der Waals surface area contributed by atoms with Crippen LogP contribution in [-0.4, -0.2) is 71.2 Å². The second-order valence-corrected chi connectivity index (χ2v) is 8.92. The molecule has 0 aromatic heterocycles. The minimum atomic E-state index is -0.764. The summed E-state index contributed by atoms with van der Waals surface area (Å²) in [6.07, 6.45) is 9.36. The minimum Gasteiger partial charge on any atom is -0.507 e. The zero-order valence-electron chi connectivity index (χ0n) is 19.9. The van der Waals surface area contributed by atoms with E-state index in [-0.39, 0.29) is 59.6 Å². The summed E-state index contributed by atoms with van der Waals surface area (Å²) >= 11 is 6.31. The maximum absolute atomic E-state index is 12.7. The number of morpholine rings is 1. The Hall–Kier alpha value is -3.04. The van der Waals surface area contributed by atoms with E-state index in [9.17, 15) is 19.8 Å². The molecule has 1 fully saturated rings. The Morgan fingerprint density at radius 2 is 1.83 bits per heavy atom. The molecule has 2 unspecified atom stereocenters. The van der Waals surface area contributed by atoms with Gasteiger partial charge >= 0.3 is 5.97 Å². The molecule has 9 nitrogen and oxygen atoms in total. The van der Waals surface area contributed by atoms with E-state index in [1.165, 1.54) is 0 Å². The van der Waals surface area contributed by atoms with Crippen molar-refractivity contribution in [1.82, 2.24) is 4.90 Å². The number of carbonyl (C=O) groups excluding carboxylic acids is 2. The molecule has 0 saturated carbocycles. The van der Waals surface area contributed by atoms with E-state index in [0.717, 1.165) is 18.9 Å². The maximum atomic E-state index is 12.7. The van der Waals surface area contributed by atoms with Gasteiger partial charge in [0.1, 0.15) is 17.1 Å². The normalized spacial score (nSPS) is 22.9. The largest absolute Gasteiger partial charge is 0.507 e. The summed E-state index contributed by atoms with van der Waals surface area (Å²) in [7, 11) is 0. The highest BCUT2D eigenvalue weighted by molar-refractivity contribution is 6.33. The van der Waals surface area contributed by atoms with Gasteiger partial charge in [0.15, 0.2) is 6.61 Å². The number of oxime groups is 1. The van der Waals surface area contributed by atoms with Gasteiger partial charge in [0.05, 0.1) is 29.5 Å². The van der Waals surface area contributed by atoms with E-state index in [1.807, 2.05) is 32.1 Å². The van der Waals surface area contributed by atoms with Gasteiger partial charge in [-0.05, 0) is 44.7 Å². The number of hydrogen-bond acceptors (Lipinski definition) is 8. The number of fused-ring (bicyclic) bond motifs is 1. The topological polar surface area (TPSA) is 118 Å². The molecule has 2 atom stereocenters. The number of rotatable bonds is 3. The van der Waals surface area contributed by atoms with Crippen LogP contribution in [0.1, 0.15) is 49.0 Å². The van der Waals surface area contributed by atoms with Crippen molar-refractivity contribution in [2.45, 2.75) is 51.7 Å². The van der Waals surface area contributed by atoms with Gasteiger partial charge in [-0.25, -0.2) is 4.79 Å². The van der Waals surface area contributed by atoms with Crippen LogP contribution in [0.3, 0.4) is 0 Å². The van der Waals surface area contributed by atoms with Crippen LogP contribution in [0.4, 0.5) is 0 Å². The van der Waals surface area contributed by atoms with E-state index < -0.39 is 11.7 Å². The molecule has 190 valence electrons. The fraction of sp³-hybridized carbons (Fsp3) is 0.480. The number of allylic oxidation sites excluding steroid dienone is 3. The third-order valence-corrected chi connectivity index (χ3v) is 5.94. The van der Waals surface area contributed by atoms with Crippen LogP contribution < -0.4 is 0 Å². The van der Waals surface area contributed by atoms with Crippen LogP contribution in [0.25, 0.3) is 0 Å². The zero-order chi connectivity index (χ0) is 25.4. The number of nitrogens with zero attached hydrogens (tertiary/aromatic N) is 2. The van der Waals surface area contributed by atoms with Crippen LogP contribution >= 0.6 is 11.6 Å². The van der Waals surface area contributed by atoms with Gasteiger partial charge in [0, 0.05) is 25.6 Å². The average Bonchev–Trinajstić information content (AvgIpc) is 2.79. The lowest BCUT2D eigenvalue weighted by molar-refractivity contribution is -0.147. The van der Waals surface area contributed by atoms with Crippen LogP contribution in [0, 0.1) is 0 Å². The Kier molecular flexibility index (Phi) is 9.56. The van der Waals surface area contributed by atoms with Crippen molar-refractivity contribution in [3.8, 4) is 11.5 Å². The molecule has 0 aliphatic carbocycles. The minimum absolute atomic E-state index is 0.0443. The number of amides is 1. The number of carbonyl (C=O) groups is 2. The lowest BCUT2D eigenvalue weighted by Crippen LogP contribution is -2.49. The third-order valence-electron chi connectivity index (χ3n) is 5.52. The van der Waals surface area contributed by atoms with Crippen molar-refractivity contribution in [3.05, 3.63) is 46.5 Å². The van der Waals surface area contributed by atoms with Crippen molar-refractivity contribution in [2.24, 2.45) is 5.16 Å². The summed E-state index contributed by atoms with van der Waals surface area (Å²) in [4.78, 5) is 32.3. The summed E-state index contributed by atoms with van der Waals surface area (Å²) in [5, 5.41) is 24.5. The number of phenolic OH excluding ortho intramolecular Hbond substituents is 2. The van der Waals surface area contributed by atoms with Crippen molar-refractivity contribution < 1.29 is 34.1 Å². The summed E-state index contributed by atoms with van der Waals surface area (Å²) in [6.45, 7) is 4.62. The molecular formula is C25H31ClN2O7. The highest BCUT2D eigenvalue weighted by atomic mass is 35.5. The molecule has 35 heavy (non-hydrogen) atoms. The van der Waals surface area contributed by atoms with E-state index in [2.05, 4.69) is 5.16 Å². The first-order valence-electron chi connectivity index (χ1n) is 11.6. The van der Waals surface area contributed by atoms with Crippen molar-refractivity contribution in [2.75, 3.05) is 26.3 Å². The zero-order valence-corrected chi connectivity index (χ0v) is 20.7. The second kappa shape index (κ2) is 12.6. The first-order valence-corrected chi connectivity index (χ1v) is 12.0. The van der Waals surface area contributed by atoms with Crippen LogP contribution in [0.15, 0.2) is 35.5 Å². The molecule has 2 aliphatic rings. The summed E-state index contributed by atoms with van der Waals surface area (Å²) in [6, 6.07) is 0.998. The van der Waals surface area contributed by atoms with Crippen molar-refractivity contribution in [3.63, 3.8) is 0 Å². The van der Waals surface area contributed by atoms with Gasteiger partial charge in [-0.15, -0.1) is 0 Å². The Bertz CT molecular complexity index is 1010. The number of halogens is 1. The monoisotopic (exact) mass is 506 g/mol. The summed E-state index contributed by atoms with van der Waals surface area (Å²) in [5.41, 5.74) is 0.349. The highest BCUT2D eigenvalue weighted by Crippen LogP contribution is 2.37. The molecule has 1 amide bonds. The number of hydrogen-bond donors (Lipinski definition) is 2. The second-order valence-electron chi connectivity index (χ2n) is 8.55. The van der Waals surface area contributed by atoms with Gasteiger partial charge in [0.2, 0.25) is 0 Å².